The molecule has 5 nitrogen and oxygen atoms in total. The van der Waals surface area contributed by atoms with E-state index in [2.05, 4.69) is 38.6 Å². The highest BCUT2D eigenvalue weighted by Crippen LogP contribution is 2.29. The predicted octanol–water partition coefficient (Wildman–Crippen LogP) is 3.17. The van der Waals surface area contributed by atoms with Crippen LogP contribution in [0.25, 0.3) is 22.1 Å². The number of anilines is 1. The number of aromatic nitrogens is 4. The van der Waals surface area contributed by atoms with Crippen LogP contribution in [0.4, 0.5) is 5.82 Å². The molecule has 0 radical (unpaired) electrons. The highest BCUT2D eigenvalue weighted by atomic mass is 15.1. The Balaban J connectivity index is 2.03. The standard InChI is InChI=1S/C17H15N5/c1-11(12-6-3-2-4-7-12)22-10-20-15-16(22)14-13(21-17(15)18)8-5-9-19-14/h2-11H,1H3,(H2,18,21)/t11-/m1/s1. The van der Waals surface area contributed by atoms with E-state index in [4.69, 9.17) is 5.73 Å². The minimum absolute atomic E-state index is 0.137. The van der Waals surface area contributed by atoms with Gasteiger partial charge in [0.05, 0.1) is 17.9 Å². The van der Waals surface area contributed by atoms with Gasteiger partial charge < -0.3 is 10.3 Å². The molecular weight excluding hydrogens is 274 g/mol. The number of nitrogen functional groups attached to an aromatic ring is 1. The van der Waals surface area contributed by atoms with Crippen LogP contribution in [0.2, 0.25) is 0 Å². The van der Waals surface area contributed by atoms with Gasteiger partial charge in [0.25, 0.3) is 0 Å². The lowest BCUT2D eigenvalue weighted by Crippen LogP contribution is -2.06. The van der Waals surface area contributed by atoms with Gasteiger partial charge in [-0.15, -0.1) is 0 Å². The first-order valence-corrected chi connectivity index (χ1v) is 7.17. The van der Waals surface area contributed by atoms with Crippen molar-refractivity contribution in [1.82, 2.24) is 19.5 Å². The summed E-state index contributed by atoms with van der Waals surface area (Å²) in [4.78, 5) is 13.3. The molecule has 5 heteroatoms. The molecule has 0 aliphatic heterocycles. The quantitative estimate of drug-likeness (QED) is 0.615. The van der Waals surface area contributed by atoms with Crippen LogP contribution in [-0.2, 0) is 0 Å². The summed E-state index contributed by atoms with van der Waals surface area (Å²) < 4.78 is 2.11. The van der Waals surface area contributed by atoms with Crippen LogP contribution in [0.5, 0.6) is 0 Å². The Bertz CT molecular complexity index is 959. The van der Waals surface area contributed by atoms with Crippen molar-refractivity contribution in [2.24, 2.45) is 0 Å². The van der Waals surface area contributed by atoms with Crippen molar-refractivity contribution in [1.29, 1.82) is 0 Å². The second-order valence-corrected chi connectivity index (χ2v) is 5.30. The zero-order chi connectivity index (χ0) is 15.1. The van der Waals surface area contributed by atoms with Crippen molar-refractivity contribution in [3.8, 4) is 0 Å². The van der Waals surface area contributed by atoms with Crippen LogP contribution < -0.4 is 5.73 Å². The third-order valence-corrected chi connectivity index (χ3v) is 3.99. The SMILES string of the molecule is C[C@H](c1ccccc1)n1cnc2c(N)nc3cccnc3c21. The highest BCUT2D eigenvalue weighted by Gasteiger charge is 2.17. The van der Waals surface area contributed by atoms with Crippen LogP contribution in [0, 0.1) is 0 Å². The molecular formula is C17H15N5. The Morgan fingerprint density at radius 1 is 1.00 bits per heavy atom. The van der Waals surface area contributed by atoms with E-state index in [0.717, 1.165) is 16.6 Å². The average Bonchev–Trinajstić information content (AvgIpc) is 3.01. The number of pyridine rings is 2. The third-order valence-electron chi connectivity index (χ3n) is 3.99. The maximum atomic E-state index is 6.06. The van der Waals surface area contributed by atoms with Gasteiger partial charge in [0.15, 0.2) is 5.82 Å². The van der Waals surface area contributed by atoms with Gasteiger partial charge in [-0.05, 0) is 24.6 Å². The van der Waals surface area contributed by atoms with E-state index in [1.165, 1.54) is 5.56 Å². The molecule has 0 fully saturated rings. The van der Waals surface area contributed by atoms with E-state index >= 15 is 0 Å². The molecule has 3 heterocycles. The summed E-state index contributed by atoms with van der Waals surface area (Å²) in [5.74, 6) is 0.439. The van der Waals surface area contributed by atoms with Gasteiger partial charge in [-0.1, -0.05) is 30.3 Å². The summed E-state index contributed by atoms with van der Waals surface area (Å²) in [6.07, 6.45) is 3.58. The van der Waals surface area contributed by atoms with Crippen molar-refractivity contribution in [2.45, 2.75) is 13.0 Å². The number of imidazole rings is 1. The normalized spacial score (nSPS) is 12.8. The molecule has 1 atom stereocenters. The fourth-order valence-electron chi connectivity index (χ4n) is 2.82. The molecule has 0 aliphatic rings. The van der Waals surface area contributed by atoms with Crippen molar-refractivity contribution in [3.63, 3.8) is 0 Å². The molecule has 0 aliphatic carbocycles. The molecule has 108 valence electrons. The van der Waals surface area contributed by atoms with Gasteiger partial charge in [-0.25, -0.2) is 9.97 Å². The molecule has 0 saturated heterocycles. The minimum atomic E-state index is 0.137. The molecule has 0 amide bonds. The van der Waals surface area contributed by atoms with Crippen molar-refractivity contribution in [2.75, 3.05) is 5.73 Å². The average molecular weight is 289 g/mol. The lowest BCUT2D eigenvalue weighted by Gasteiger charge is -2.15. The summed E-state index contributed by atoms with van der Waals surface area (Å²) in [7, 11) is 0. The first-order valence-electron chi connectivity index (χ1n) is 7.17. The van der Waals surface area contributed by atoms with Crippen LogP contribution >= 0.6 is 0 Å². The van der Waals surface area contributed by atoms with Gasteiger partial charge in [-0.3, -0.25) is 4.98 Å². The molecule has 2 N–H and O–H groups in total. The van der Waals surface area contributed by atoms with E-state index in [1.807, 2.05) is 36.7 Å². The molecule has 0 bridgehead atoms. The fourth-order valence-corrected chi connectivity index (χ4v) is 2.82. The summed E-state index contributed by atoms with van der Waals surface area (Å²) in [6.45, 7) is 2.14. The molecule has 4 aromatic rings. The lowest BCUT2D eigenvalue weighted by atomic mass is 10.1. The van der Waals surface area contributed by atoms with Crippen molar-refractivity contribution >= 4 is 27.9 Å². The van der Waals surface area contributed by atoms with E-state index in [1.54, 1.807) is 6.20 Å². The Kier molecular flexibility index (Phi) is 2.79. The number of nitrogens with two attached hydrogens (primary N) is 1. The fraction of sp³-hybridized carbons (Fsp3) is 0.118. The van der Waals surface area contributed by atoms with Crippen LogP contribution in [-0.4, -0.2) is 19.5 Å². The largest absolute Gasteiger partial charge is 0.382 e. The Morgan fingerprint density at radius 2 is 1.82 bits per heavy atom. The first-order chi connectivity index (χ1) is 10.8. The zero-order valence-corrected chi connectivity index (χ0v) is 12.1. The van der Waals surface area contributed by atoms with Crippen molar-refractivity contribution in [3.05, 3.63) is 60.6 Å². The van der Waals surface area contributed by atoms with Gasteiger partial charge in [0.1, 0.15) is 16.6 Å². The van der Waals surface area contributed by atoms with Crippen LogP contribution in [0.1, 0.15) is 18.5 Å². The van der Waals surface area contributed by atoms with E-state index in [-0.39, 0.29) is 6.04 Å². The zero-order valence-electron chi connectivity index (χ0n) is 12.1. The van der Waals surface area contributed by atoms with Gasteiger partial charge in [0.2, 0.25) is 0 Å². The summed E-state index contributed by atoms with van der Waals surface area (Å²) in [5.41, 5.74) is 10.5. The molecule has 1 aromatic carbocycles. The molecule has 3 aromatic heterocycles. The van der Waals surface area contributed by atoms with Gasteiger partial charge in [-0.2, -0.15) is 0 Å². The predicted molar refractivity (Wildman–Crippen MR) is 87.5 cm³/mol. The summed E-state index contributed by atoms with van der Waals surface area (Å²) >= 11 is 0. The van der Waals surface area contributed by atoms with Crippen molar-refractivity contribution < 1.29 is 0 Å². The maximum absolute atomic E-state index is 6.06. The van der Waals surface area contributed by atoms with E-state index in [9.17, 15) is 0 Å². The molecule has 0 spiro atoms. The Labute approximate surface area is 127 Å². The van der Waals surface area contributed by atoms with Gasteiger partial charge >= 0.3 is 0 Å². The number of hydrogen-bond donors (Lipinski definition) is 1. The maximum Gasteiger partial charge on any atom is 0.152 e. The molecule has 0 saturated carbocycles. The Morgan fingerprint density at radius 3 is 2.64 bits per heavy atom. The summed E-state index contributed by atoms with van der Waals surface area (Å²) in [6, 6.07) is 14.2. The topological polar surface area (TPSA) is 69.6 Å². The molecule has 0 unspecified atom stereocenters. The van der Waals surface area contributed by atoms with Gasteiger partial charge in [0, 0.05) is 6.20 Å². The molecule has 4 rings (SSSR count). The monoisotopic (exact) mass is 289 g/mol. The summed E-state index contributed by atoms with van der Waals surface area (Å²) in [5, 5.41) is 0. The second-order valence-electron chi connectivity index (χ2n) is 5.30. The van der Waals surface area contributed by atoms with E-state index < -0.39 is 0 Å². The highest BCUT2D eigenvalue weighted by molar-refractivity contribution is 6.04. The smallest absolute Gasteiger partial charge is 0.152 e. The first kappa shape index (κ1) is 12.8. The second kappa shape index (κ2) is 4.80. The number of rotatable bonds is 2. The van der Waals surface area contributed by atoms with Crippen LogP contribution in [0.15, 0.2) is 55.0 Å². The number of nitrogens with zero attached hydrogens (tertiary/aromatic N) is 4. The lowest BCUT2D eigenvalue weighted by molar-refractivity contribution is 0.659. The number of benzene rings is 1. The number of hydrogen-bond acceptors (Lipinski definition) is 4. The van der Waals surface area contributed by atoms with Crippen LogP contribution in [0.3, 0.4) is 0 Å². The Hall–Kier alpha value is -2.95. The molecule has 22 heavy (non-hydrogen) atoms. The minimum Gasteiger partial charge on any atom is -0.382 e. The van der Waals surface area contributed by atoms with E-state index in [0.29, 0.717) is 11.3 Å². The number of fused-ring (bicyclic) bond motifs is 3. The third kappa shape index (κ3) is 1.83.